The van der Waals surface area contributed by atoms with E-state index in [4.69, 9.17) is 0 Å². The van der Waals surface area contributed by atoms with Crippen LogP contribution in [0.25, 0.3) is 0 Å². The molecule has 0 radical (unpaired) electrons. The van der Waals surface area contributed by atoms with Gasteiger partial charge in [0.05, 0.1) is 9.79 Å². The SMILES string of the molecule is Cc1ccc(C=Nc2cc(S(=O)(=O)c3ccc(O)c(N=Cc4ccc(C)cc4)c3)ccc2O)cc1. The summed E-state index contributed by atoms with van der Waals surface area (Å²) < 4.78 is 26.6. The van der Waals surface area contributed by atoms with Crippen molar-refractivity contribution < 1.29 is 18.6 Å². The fourth-order valence-corrected chi connectivity index (χ4v) is 4.58. The molecule has 2 N–H and O–H groups in total. The number of rotatable bonds is 6. The van der Waals surface area contributed by atoms with Gasteiger partial charge in [-0.1, -0.05) is 59.7 Å². The van der Waals surface area contributed by atoms with Gasteiger partial charge < -0.3 is 10.2 Å². The highest BCUT2D eigenvalue weighted by Gasteiger charge is 2.20. The molecule has 0 aliphatic carbocycles. The first-order valence-electron chi connectivity index (χ1n) is 10.8. The van der Waals surface area contributed by atoms with Crippen molar-refractivity contribution in [3.63, 3.8) is 0 Å². The number of benzene rings is 4. The lowest BCUT2D eigenvalue weighted by Crippen LogP contribution is -2.01. The number of aromatic hydroxyl groups is 2. The molecule has 7 heteroatoms. The van der Waals surface area contributed by atoms with Crippen molar-refractivity contribution >= 4 is 33.6 Å². The van der Waals surface area contributed by atoms with Crippen LogP contribution in [0.5, 0.6) is 11.5 Å². The first kappa shape index (κ1) is 23.9. The fourth-order valence-electron chi connectivity index (χ4n) is 3.28. The van der Waals surface area contributed by atoms with Crippen LogP contribution in [-0.4, -0.2) is 31.1 Å². The summed E-state index contributed by atoms with van der Waals surface area (Å²) in [6.45, 7) is 3.95. The van der Waals surface area contributed by atoms with E-state index in [-0.39, 0.29) is 32.7 Å². The Hall–Kier alpha value is -4.23. The van der Waals surface area contributed by atoms with Gasteiger partial charge in [-0.05, 0) is 61.4 Å². The highest BCUT2D eigenvalue weighted by Crippen LogP contribution is 2.35. The number of phenolic OH excluding ortho intramolecular Hbond substituents is 2. The second-order valence-electron chi connectivity index (χ2n) is 8.14. The third-order valence-electron chi connectivity index (χ3n) is 5.37. The van der Waals surface area contributed by atoms with E-state index in [0.717, 1.165) is 22.3 Å². The Morgan fingerprint density at radius 1 is 0.600 bits per heavy atom. The topological polar surface area (TPSA) is 99.3 Å². The molecule has 0 fully saturated rings. The minimum atomic E-state index is -3.96. The van der Waals surface area contributed by atoms with Gasteiger partial charge in [0.2, 0.25) is 9.84 Å². The second kappa shape index (κ2) is 9.95. The largest absolute Gasteiger partial charge is 0.506 e. The fraction of sp³-hybridized carbons (Fsp3) is 0.0714. The highest BCUT2D eigenvalue weighted by molar-refractivity contribution is 7.91. The van der Waals surface area contributed by atoms with Gasteiger partial charge in [0.15, 0.2) is 0 Å². The average Bonchev–Trinajstić information content (AvgIpc) is 2.85. The molecule has 35 heavy (non-hydrogen) atoms. The maximum absolute atomic E-state index is 13.3. The molecule has 176 valence electrons. The van der Waals surface area contributed by atoms with E-state index in [0.29, 0.717) is 0 Å². The summed E-state index contributed by atoms with van der Waals surface area (Å²) in [7, 11) is -3.96. The molecule has 0 aromatic heterocycles. The number of aryl methyl sites for hydroxylation is 2. The quantitative estimate of drug-likeness (QED) is 0.326. The van der Waals surface area contributed by atoms with Crippen LogP contribution in [-0.2, 0) is 9.84 Å². The van der Waals surface area contributed by atoms with Crippen LogP contribution >= 0.6 is 0 Å². The lowest BCUT2D eigenvalue weighted by molar-refractivity contribution is 0.476. The molecule has 0 amide bonds. The average molecular weight is 485 g/mol. The van der Waals surface area contributed by atoms with Crippen molar-refractivity contribution in [1.29, 1.82) is 0 Å². The zero-order chi connectivity index (χ0) is 25.0. The van der Waals surface area contributed by atoms with E-state index in [1.54, 1.807) is 12.4 Å². The monoisotopic (exact) mass is 484 g/mol. The minimum Gasteiger partial charge on any atom is -0.506 e. The summed E-state index contributed by atoms with van der Waals surface area (Å²) in [4.78, 5) is 8.47. The Kier molecular flexibility index (Phi) is 6.80. The highest BCUT2D eigenvalue weighted by atomic mass is 32.2. The molecule has 0 heterocycles. The molecule has 6 nitrogen and oxygen atoms in total. The molecule has 4 aromatic rings. The molecule has 0 unspecified atom stereocenters. The summed E-state index contributed by atoms with van der Waals surface area (Å²) in [5.74, 6) is -0.275. The van der Waals surface area contributed by atoms with E-state index in [9.17, 15) is 18.6 Å². The molecule has 0 aliphatic rings. The lowest BCUT2D eigenvalue weighted by Gasteiger charge is -2.08. The zero-order valence-corrected chi connectivity index (χ0v) is 20.1. The first-order chi connectivity index (χ1) is 16.7. The normalized spacial score (nSPS) is 11.9. The van der Waals surface area contributed by atoms with Gasteiger partial charge in [-0.2, -0.15) is 0 Å². The molecule has 0 aliphatic heterocycles. The molecule has 0 saturated heterocycles. The van der Waals surface area contributed by atoms with Gasteiger partial charge in [0, 0.05) is 12.4 Å². The Balaban J connectivity index is 1.65. The Labute approximate surface area is 204 Å². The maximum Gasteiger partial charge on any atom is 0.206 e. The van der Waals surface area contributed by atoms with Gasteiger partial charge in [0.1, 0.15) is 22.9 Å². The smallest absolute Gasteiger partial charge is 0.206 e. The van der Waals surface area contributed by atoms with E-state index in [1.165, 1.54) is 36.4 Å². The molecular formula is C28H24N2O4S. The Morgan fingerprint density at radius 2 is 0.971 bits per heavy atom. The predicted molar refractivity (Wildman–Crippen MR) is 139 cm³/mol. The van der Waals surface area contributed by atoms with Gasteiger partial charge in [0.25, 0.3) is 0 Å². The van der Waals surface area contributed by atoms with Gasteiger partial charge in [-0.15, -0.1) is 0 Å². The summed E-state index contributed by atoms with van der Waals surface area (Å²) >= 11 is 0. The molecular weight excluding hydrogens is 460 g/mol. The van der Waals surface area contributed by atoms with Gasteiger partial charge in [-0.3, -0.25) is 9.98 Å². The van der Waals surface area contributed by atoms with Gasteiger partial charge >= 0.3 is 0 Å². The van der Waals surface area contributed by atoms with Crippen molar-refractivity contribution in [3.05, 3.63) is 107 Å². The van der Waals surface area contributed by atoms with Crippen molar-refractivity contribution in [1.82, 2.24) is 0 Å². The van der Waals surface area contributed by atoms with Crippen LogP contribution in [0, 0.1) is 13.8 Å². The van der Waals surface area contributed by atoms with E-state index < -0.39 is 9.84 Å². The van der Waals surface area contributed by atoms with E-state index >= 15 is 0 Å². The Morgan fingerprint density at radius 3 is 1.34 bits per heavy atom. The van der Waals surface area contributed by atoms with Crippen LogP contribution in [0.15, 0.2) is 105 Å². The summed E-state index contributed by atoms with van der Waals surface area (Å²) in [5, 5.41) is 20.4. The molecule has 0 atom stereocenters. The molecule has 0 saturated carbocycles. The number of hydrogen-bond donors (Lipinski definition) is 2. The van der Waals surface area contributed by atoms with Crippen molar-refractivity contribution in [2.75, 3.05) is 0 Å². The van der Waals surface area contributed by atoms with Crippen LogP contribution in [0.3, 0.4) is 0 Å². The molecule has 0 spiro atoms. The molecule has 4 aromatic carbocycles. The molecule has 0 bridgehead atoms. The minimum absolute atomic E-state index is 0.0366. The van der Waals surface area contributed by atoms with Crippen molar-refractivity contribution in [2.45, 2.75) is 23.6 Å². The standard InChI is InChI=1S/C28H24N2O4S/c1-19-3-7-21(8-4-19)17-29-25-15-23(11-13-27(25)31)35(33,34)24-12-14-28(32)26(16-24)30-18-22-9-5-20(2)6-10-22/h3-18,31-32H,1-2H3. The van der Waals surface area contributed by atoms with Crippen molar-refractivity contribution in [2.24, 2.45) is 9.98 Å². The van der Waals surface area contributed by atoms with Crippen LogP contribution < -0.4 is 0 Å². The zero-order valence-electron chi connectivity index (χ0n) is 19.3. The third kappa shape index (κ3) is 5.65. The van der Waals surface area contributed by atoms with Crippen LogP contribution in [0.2, 0.25) is 0 Å². The first-order valence-corrected chi connectivity index (χ1v) is 12.3. The summed E-state index contributed by atoms with van der Waals surface area (Å²) in [5.41, 5.74) is 4.10. The predicted octanol–water partition coefficient (Wildman–Crippen LogP) is 6.05. The number of nitrogens with zero attached hydrogens (tertiary/aromatic N) is 2. The third-order valence-corrected chi connectivity index (χ3v) is 7.12. The van der Waals surface area contributed by atoms with E-state index in [1.807, 2.05) is 62.4 Å². The number of phenols is 2. The molecule has 4 rings (SSSR count). The van der Waals surface area contributed by atoms with Gasteiger partial charge in [-0.25, -0.2) is 8.42 Å². The maximum atomic E-state index is 13.3. The second-order valence-corrected chi connectivity index (χ2v) is 10.1. The number of hydrogen-bond acceptors (Lipinski definition) is 6. The van der Waals surface area contributed by atoms with E-state index in [2.05, 4.69) is 9.98 Å². The summed E-state index contributed by atoms with van der Waals surface area (Å²) in [6, 6.07) is 23.1. The number of sulfone groups is 1. The number of aliphatic imine (C=N–C) groups is 2. The summed E-state index contributed by atoms with van der Waals surface area (Å²) in [6.07, 6.45) is 3.12. The van der Waals surface area contributed by atoms with Crippen molar-refractivity contribution in [3.8, 4) is 11.5 Å². The van der Waals surface area contributed by atoms with Crippen LogP contribution in [0.4, 0.5) is 11.4 Å². The Bertz CT molecular complexity index is 1410. The van der Waals surface area contributed by atoms with Crippen LogP contribution in [0.1, 0.15) is 22.3 Å². The lowest BCUT2D eigenvalue weighted by atomic mass is 10.2.